The van der Waals surface area contributed by atoms with Gasteiger partial charge in [0.2, 0.25) is 0 Å². The summed E-state index contributed by atoms with van der Waals surface area (Å²) in [4.78, 5) is 31.9. The molecule has 1 aliphatic heterocycles. The number of hydrogen-bond donors (Lipinski definition) is 0. The predicted molar refractivity (Wildman–Crippen MR) is 144 cm³/mol. The van der Waals surface area contributed by atoms with E-state index in [1.165, 1.54) is 15.9 Å². The van der Waals surface area contributed by atoms with Gasteiger partial charge in [-0.15, -0.1) is 0 Å². The summed E-state index contributed by atoms with van der Waals surface area (Å²) in [6.07, 6.45) is 1.75. The summed E-state index contributed by atoms with van der Waals surface area (Å²) in [6, 6.07) is 10.0. The molecule has 2 aromatic carbocycles. The molecular weight excluding hydrogens is 568 g/mol. The Kier molecular flexibility index (Phi) is 8.02. The first-order valence-electron chi connectivity index (χ1n) is 11.2. The lowest BCUT2D eigenvalue weighted by molar-refractivity contribution is -0.139. The molecule has 0 aliphatic carbocycles. The van der Waals surface area contributed by atoms with Crippen LogP contribution in [0.4, 0.5) is 0 Å². The van der Waals surface area contributed by atoms with Gasteiger partial charge in [-0.3, -0.25) is 9.36 Å². The molecule has 0 unspecified atom stereocenters. The topological polar surface area (TPSA) is 79.1 Å². The first-order valence-corrected chi connectivity index (χ1v) is 13.2. The van der Waals surface area contributed by atoms with Crippen LogP contribution < -0.4 is 24.4 Å². The SMILES string of the molecule is CCOC(=O)C1=C(C)N=c2s/c(=C\c3cc(Br)cc(OC)c3OCC)c(=O)n2[C@H]1c1ccccc1Cl. The van der Waals surface area contributed by atoms with E-state index in [0.717, 1.165) is 4.47 Å². The largest absolute Gasteiger partial charge is 0.493 e. The van der Waals surface area contributed by atoms with Gasteiger partial charge in [-0.1, -0.05) is 57.1 Å². The molecule has 0 N–H and O–H groups in total. The van der Waals surface area contributed by atoms with Gasteiger partial charge in [0.1, 0.15) is 6.04 Å². The van der Waals surface area contributed by atoms with Crippen molar-refractivity contribution in [3.8, 4) is 11.5 Å². The number of methoxy groups -OCH3 is 1. The third-order valence-corrected chi connectivity index (χ3v) is 7.35. The lowest BCUT2D eigenvalue weighted by Gasteiger charge is -2.25. The molecule has 4 rings (SSSR count). The van der Waals surface area contributed by atoms with Gasteiger partial charge in [0.05, 0.1) is 36.1 Å². The minimum atomic E-state index is -0.778. The van der Waals surface area contributed by atoms with Gasteiger partial charge >= 0.3 is 5.97 Å². The van der Waals surface area contributed by atoms with E-state index >= 15 is 0 Å². The second-order valence-electron chi connectivity index (χ2n) is 7.78. The van der Waals surface area contributed by atoms with Crippen molar-refractivity contribution in [2.75, 3.05) is 20.3 Å². The predicted octanol–water partition coefficient (Wildman–Crippen LogP) is 4.62. The molecule has 0 bridgehead atoms. The Bertz CT molecular complexity index is 1540. The molecule has 36 heavy (non-hydrogen) atoms. The lowest BCUT2D eigenvalue weighted by atomic mass is 9.96. The molecular formula is C26H24BrClN2O5S. The van der Waals surface area contributed by atoms with Crippen molar-refractivity contribution in [3.05, 3.63) is 88.0 Å². The van der Waals surface area contributed by atoms with E-state index in [9.17, 15) is 9.59 Å². The summed E-state index contributed by atoms with van der Waals surface area (Å²) in [5.41, 5.74) is 1.74. The average molecular weight is 592 g/mol. The molecule has 0 fully saturated rings. The van der Waals surface area contributed by atoms with Crippen LogP contribution in [0.1, 0.15) is 37.9 Å². The Morgan fingerprint density at radius 3 is 2.67 bits per heavy atom. The van der Waals surface area contributed by atoms with Crippen LogP contribution in [0.5, 0.6) is 11.5 Å². The van der Waals surface area contributed by atoms with E-state index in [-0.39, 0.29) is 17.7 Å². The fraction of sp³-hybridized carbons (Fsp3) is 0.269. The minimum Gasteiger partial charge on any atom is -0.493 e. The molecule has 1 aromatic heterocycles. The van der Waals surface area contributed by atoms with Crippen LogP contribution >= 0.6 is 38.9 Å². The lowest BCUT2D eigenvalue weighted by Crippen LogP contribution is -2.40. The van der Waals surface area contributed by atoms with E-state index < -0.39 is 12.0 Å². The number of halogens is 2. The number of ether oxygens (including phenoxy) is 3. The molecule has 188 valence electrons. The standard InChI is InChI=1S/C26H24BrClN2O5S/c1-5-34-23-15(11-16(27)13-19(23)33-4)12-20-24(31)30-22(17-9-7-8-10-18(17)28)21(25(32)35-6-2)14(3)29-26(30)36-20/h7-13,22H,5-6H2,1-4H3/b20-12-/t22-/m0/s1. The van der Waals surface area contributed by atoms with E-state index in [4.69, 9.17) is 25.8 Å². The van der Waals surface area contributed by atoms with Crippen LogP contribution in [0.25, 0.3) is 6.08 Å². The van der Waals surface area contributed by atoms with Crippen LogP contribution in [0.2, 0.25) is 5.02 Å². The van der Waals surface area contributed by atoms with Crippen molar-refractivity contribution in [2.24, 2.45) is 4.99 Å². The zero-order chi connectivity index (χ0) is 26.0. The zero-order valence-electron chi connectivity index (χ0n) is 20.1. The number of hydrogen-bond acceptors (Lipinski definition) is 7. The van der Waals surface area contributed by atoms with Gasteiger partial charge in [-0.25, -0.2) is 9.79 Å². The van der Waals surface area contributed by atoms with Gasteiger partial charge in [-0.2, -0.15) is 0 Å². The zero-order valence-corrected chi connectivity index (χ0v) is 23.3. The smallest absolute Gasteiger partial charge is 0.338 e. The molecule has 0 radical (unpaired) electrons. The highest BCUT2D eigenvalue weighted by Gasteiger charge is 2.34. The highest BCUT2D eigenvalue weighted by molar-refractivity contribution is 9.10. The Morgan fingerprint density at radius 1 is 1.25 bits per heavy atom. The van der Waals surface area contributed by atoms with Crippen molar-refractivity contribution in [1.29, 1.82) is 0 Å². The number of carbonyl (C=O) groups excluding carboxylic acids is 1. The maximum Gasteiger partial charge on any atom is 0.338 e. The number of thiazole rings is 1. The maximum absolute atomic E-state index is 13.8. The number of carbonyl (C=O) groups is 1. The summed E-state index contributed by atoms with van der Waals surface area (Å²) in [6.45, 7) is 5.96. The van der Waals surface area contributed by atoms with Crippen molar-refractivity contribution in [2.45, 2.75) is 26.8 Å². The van der Waals surface area contributed by atoms with Crippen LogP contribution in [0, 0.1) is 0 Å². The summed E-state index contributed by atoms with van der Waals surface area (Å²) in [5, 5.41) is 0.434. The number of allylic oxidation sites excluding steroid dienone is 1. The van der Waals surface area contributed by atoms with Crippen LogP contribution in [-0.4, -0.2) is 30.9 Å². The Balaban J connectivity index is 2.00. The first kappa shape index (κ1) is 26.2. The van der Waals surface area contributed by atoms with Gasteiger partial charge in [-0.05, 0) is 50.6 Å². The number of aromatic nitrogens is 1. The monoisotopic (exact) mass is 590 g/mol. The van der Waals surface area contributed by atoms with Crippen molar-refractivity contribution >= 4 is 50.9 Å². The molecule has 1 aliphatic rings. The van der Waals surface area contributed by atoms with Gasteiger partial charge in [0, 0.05) is 15.1 Å². The molecule has 0 amide bonds. The van der Waals surface area contributed by atoms with E-state index in [1.807, 2.05) is 19.1 Å². The fourth-order valence-corrected chi connectivity index (χ4v) is 5.80. The summed E-state index contributed by atoms with van der Waals surface area (Å²) >= 11 is 11.3. The number of fused-ring (bicyclic) bond motifs is 1. The molecule has 10 heteroatoms. The van der Waals surface area contributed by atoms with Gasteiger partial charge < -0.3 is 14.2 Å². The van der Waals surface area contributed by atoms with Crippen LogP contribution in [0.15, 0.2) is 61.9 Å². The Hall–Kier alpha value is -2.88. The average Bonchev–Trinajstić information content (AvgIpc) is 3.14. The van der Waals surface area contributed by atoms with Crippen molar-refractivity contribution in [3.63, 3.8) is 0 Å². The quantitative estimate of drug-likeness (QED) is 0.375. The van der Waals surface area contributed by atoms with Gasteiger partial charge in [0.25, 0.3) is 5.56 Å². The van der Waals surface area contributed by atoms with Crippen LogP contribution in [-0.2, 0) is 9.53 Å². The fourth-order valence-electron chi connectivity index (χ4n) is 4.07. The van der Waals surface area contributed by atoms with E-state index in [2.05, 4.69) is 20.9 Å². The third kappa shape index (κ3) is 4.87. The third-order valence-electron chi connectivity index (χ3n) is 5.56. The summed E-state index contributed by atoms with van der Waals surface area (Å²) < 4.78 is 19.4. The van der Waals surface area contributed by atoms with Crippen molar-refractivity contribution < 1.29 is 19.0 Å². The number of esters is 1. The van der Waals surface area contributed by atoms with Crippen molar-refractivity contribution in [1.82, 2.24) is 4.57 Å². The van der Waals surface area contributed by atoms with Crippen LogP contribution in [0.3, 0.4) is 0 Å². The summed E-state index contributed by atoms with van der Waals surface area (Å²) in [7, 11) is 1.56. The maximum atomic E-state index is 13.8. The molecule has 1 atom stereocenters. The molecule has 0 saturated carbocycles. The second kappa shape index (κ2) is 11.0. The summed E-state index contributed by atoms with van der Waals surface area (Å²) in [5.74, 6) is 0.535. The normalized spacial score (nSPS) is 15.4. The molecule has 3 aromatic rings. The number of rotatable bonds is 7. The Morgan fingerprint density at radius 2 is 2.00 bits per heavy atom. The number of nitrogens with zero attached hydrogens (tertiary/aromatic N) is 2. The second-order valence-corrected chi connectivity index (χ2v) is 10.1. The Labute approximate surface area is 225 Å². The van der Waals surface area contributed by atoms with E-state index in [0.29, 0.717) is 49.3 Å². The minimum absolute atomic E-state index is 0.195. The highest BCUT2D eigenvalue weighted by atomic mass is 79.9. The first-order chi connectivity index (χ1) is 17.3. The molecule has 0 spiro atoms. The molecule has 7 nitrogen and oxygen atoms in total. The van der Waals surface area contributed by atoms with E-state index in [1.54, 1.807) is 51.3 Å². The number of benzene rings is 2. The highest BCUT2D eigenvalue weighted by Crippen LogP contribution is 2.36. The molecule has 0 saturated heterocycles. The van der Waals surface area contributed by atoms with Gasteiger partial charge in [0.15, 0.2) is 16.3 Å². The molecule has 2 heterocycles.